The van der Waals surface area contributed by atoms with E-state index in [1.807, 2.05) is 5.38 Å². The quantitative estimate of drug-likeness (QED) is 0.514. The first-order chi connectivity index (χ1) is 14.8. The van der Waals surface area contributed by atoms with Gasteiger partial charge in [-0.1, -0.05) is 12.1 Å². The predicted octanol–water partition coefficient (Wildman–Crippen LogP) is 4.60. The Morgan fingerprint density at radius 1 is 1.13 bits per heavy atom. The number of thiazole rings is 1. The number of nitrogens with zero attached hydrogens (tertiary/aromatic N) is 1. The maximum Gasteiger partial charge on any atom is 0.422 e. The molecule has 10 heteroatoms. The minimum Gasteiger partial charge on any atom is -0.493 e. The van der Waals surface area contributed by atoms with Gasteiger partial charge in [0.05, 0.1) is 18.3 Å². The minimum atomic E-state index is -4.42. The Labute approximate surface area is 180 Å². The molecule has 0 spiro atoms. The molecule has 0 atom stereocenters. The minimum absolute atomic E-state index is 0.0763. The van der Waals surface area contributed by atoms with E-state index >= 15 is 0 Å². The third-order valence-corrected chi connectivity index (χ3v) is 4.67. The van der Waals surface area contributed by atoms with Gasteiger partial charge in [0.15, 0.2) is 18.1 Å². The Hall–Kier alpha value is -3.27. The van der Waals surface area contributed by atoms with E-state index in [1.54, 1.807) is 35.8 Å². The molecule has 0 saturated heterocycles. The summed E-state index contributed by atoms with van der Waals surface area (Å²) < 4.78 is 52.6. The second-order valence-corrected chi connectivity index (χ2v) is 7.09. The molecule has 1 heterocycles. The van der Waals surface area contributed by atoms with Gasteiger partial charge in [0.2, 0.25) is 0 Å². The molecule has 1 amide bonds. The van der Waals surface area contributed by atoms with Crippen molar-refractivity contribution < 1.29 is 32.2 Å². The van der Waals surface area contributed by atoms with E-state index in [-0.39, 0.29) is 24.8 Å². The number of hydrogen-bond acceptors (Lipinski definition) is 6. The molecular weight excluding hydrogens is 433 g/mol. The zero-order chi connectivity index (χ0) is 22.3. The lowest BCUT2D eigenvalue weighted by Gasteiger charge is -2.12. The summed E-state index contributed by atoms with van der Waals surface area (Å²) in [6.45, 7) is -0.982. The highest BCUT2D eigenvalue weighted by Gasteiger charge is 2.28. The summed E-state index contributed by atoms with van der Waals surface area (Å²) in [6, 6.07) is 10.9. The number of alkyl halides is 3. The summed E-state index contributed by atoms with van der Waals surface area (Å²) in [7, 11) is 1.47. The normalized spacial score (nSPS) is 11.1. The number of aromatic nitrogens is 1. The molecule has 0 saturated carbocycles. The topological polar surface area (TPSA) is 69.7 Å². The number of hydrogen-bond donors (Lipinski definition) is 1. The Balaban J connectivity index is 1.59. The molecular formula is C21H19F3N2O4S. The predicted molar refractivity (Wildman–Crippen MR) is 109 cm³/mol. The molecule has 0 aliphatic rings. The van der Waals surface area contributed by atoms with Crippen LogP contribution in [-0.2, 0) is 13.2 Å². The van der Waals surface area contributed by atoms with Gasteiger partial charge >= 0.3 is 6.18 Å². The fourth-order valence-corrected chi connectivity index (χ4v) is 3.13. The Bertz CT molecular complexity index is 1010. The molecule has 2 aromatic carbocycles. The Morgan fingerprint density at radius 2 is 1.97 bits per heavy atom. The monoisotopic (exact) mass is 452 g/mol. The second kappa shape index (κ2) is 10.2. The molecule has 1 aromatic heterocycles. The van der Waals surface area contributed by atoms with Gasteiger partial charge in [-0.25, -0.2) is 4.98 Å². The van der Waals surface area contributed by atoms with Crippen molar-refractivity contribution in [3.63, 3.8) is 0 Å². The zero-order valence-electron chi connectivity index (χ0n) is 16.4. The van der Waals surface area contributed by atoms with Gasteiger partial charge in [0.1, 0.15) is 12.4 Å². The van der Waals surface area contributed by atoms with E-state index in [4.69, 9.17) is 14.2 Å². The van der Waals surface area contributed by atoms with Gasteiger partial charge in [-0.2, -0.15) is 13.2 Å². The van der Waals surface area contributed by atoms with E-state index in [0.29, 0.717) is 22.6 Å². The summed E-state index contributed by atoms with van der Waals surface area (Å²) in [5.41, 5.74) is 3.45. The maximum absolute atomic E-state index is 12.5. The summed E-state index contributed by atoms with van der Waals surface area (Å²) in [5.74, 6) is 0.574. The number of nitrogens with one attached hydrogen (secondary N) is 1. The number of carbonyl (C=O) groups excluding carboxylic acids is 1. The molecule has 0 radical (unpaired) electrons. The lowest BCUT2D eigenvalue weighted by Crippen LogP contribution is -2.23. The van der Waals surface area contributed by atoms with Crippen molar-refractivity contribution in [2.75, 3.05) is 13.7 Å². The van der Waals surface area contributed by atoms with Crippen molar-refractivity contribution in [1.82, 2.24) is 10.3 Å². The zero-order valence-corrected chi connectivity index (χ0v) is 17.3. The first-order valence-electron chi connectivity index (χ1n) is 9.08. The van der Waals surface area contributed by atoms with Gasteiger partial charge in [0, 0.05) is 17.5 Å². The number of ether oxygens (including phenoxy) is 3. The Kier molecular flexibility index (Phi) is 7.35. The number of carbonyl (C=O) groups is 1. The van der Waals surface area contributed by atoms with Crippen molar-refractivity contribution in [3.05, 3.63) is 70.2 Å². The van der Waals surface area contributed by atoms with Crippen LogP contribution in [0.25, 0.3) is 0 Å². The standard InChI is InChI=1S/C21H19F3N2O4S/c1-28-19-8-15(5-6-18(19)29-10-16-11-31-13-26-16)20(27)25-9-14-3-2-4-17(7-14)30-12-21(22,23)24/h2-8,11,13H,9-10,12H2,1H3,(H,25,27). The van der Waals surface area contributed by atoms with Crippen LogP contribution in [0.15, 0.2) is 53.4 Å². The lowest BCUT2D eigenvalue weighted by atomic mass is 10.1. The molecule has 1 N–H and O–H groups in total. The number of halogens is 3. The molecule has 3 rings (SSSR count). The van der Waals surface area contributed by atoms with Crippen LogP contribution in [-0.4, -0.2) is 30.8 Å². The first-order valence-corrected chi connectivity index (χ1v) is 10.0. The average Bonchev–Trinajstić information content (AvgIpc) is 3.28. The highest BCUT2D eigenvalue weighted by molar-refractivity contribution is 7.07. The van der Waals surface area contributed by atoms with Gasteiger partial charge in [-0.05, 0) is 35.9 Å². The van der Waals surface area contributed by atoms with Gasteiger partial charge in [0.25, 0.3) is 5.91 Å². The van der Waals surface area contributed by atoms with Crippen LogP contribution in [0, 0.1) is 0 Å². The summed E-state index contributed by atoms with van der Waals surface area (Å²) >= 11 is 1.47. The maximum atomic E-state index is 12.5. The highest BCUT2D eigenvalue weighted by Crippen LogP contribution is 2.29. The highest BCUT2D eigenvalue weighted by atomic mass is 32.1. The molecule has 164 valence electrons. The van der Waals surface area contributed by atoms with Gasteiger partial charge < -0.3 is 19.5 Å². The molecule has 6 nitrogen and oxygen atoms in total. The van der Waals surface area contributed by atoms with Crippen molar-refractivity contribution in [2.24, 2.45) is 0 Å². The molecule has 0 fully saturated rings. The van der Waals surface area contributed by atoms with Crippen LogP contribution in [0.3, 0.4) is 0 Å². The molecule has 0 aliphatic carbocycles. The van der Waals surface area contributed by atoms with Gasteiger partial charge in [-0.3, -0.25) is 4.79 Å². The fourth-order valence-electron chi connectivity index (χ4n) is 2.58. The number of rotatable bonds is 9. The number of amides is 1. The third-order valence-electron chi connectivity index (χ3n) is 4.04. The fraction of sp³-hybridized carbons (Fsp3) is 0.238. The van der Waals surface area contributed by atoms with Crippen molar-refractivity contribution in [1.29, 1.82) is 0 Å². The molecule has 31 heavy (non-hydrogen) atoms. The van der Waals surface area contributed by atoms with Crippen LogP contribution in [0.2, 0.25) is 0 Å². The second-order valence-electron chi connectivity index (χ2n) is 6.37. The molecule has 0 bridgehead atoms. The lowest BCUT2D eigenvalue weighted by molar-refractivity contribution is -0.153. The molecule has 3 aromatic rings. The largest absolute Gasteiger partial charge is 0.493 e. The van der Waals surface area contributed by atoms with E-state index in [0.717, 1.165) is 5.69 Å². The smallest absolute Gasteiger partial charge is 0.422 e. The van der Waals surface area contributed by atoms with Crippen LogP contribution in [0.5, 0.6) is 17.2 Å². The molecule has 0 unspecified atom stereocenters. The van der Waals surface area contributed by atoms with E-state index < -0.39 is 12.8 Å². The Morgan fingerprint density at radius 3 is 2.68 bits per heavy atom. The van der Waals surface area contributed by atoms with Crippen LogP contribution >= 0.6 is 11.3 Å². The van der Waals surface area contributed by atoms with E-state index in [9.17, 15) is 18.0 Å². The number of methoxy groups -OCH3 is 1. The van der Waals surface area contributed by atoms with Crippen LogP contribution < -0.4 is 19.5 Å². The van der Waals surface area contributed by atoms with Crippen LogP contribution in [0.1, 0.15) is 21.6 Å². The first kappa shape index (κ1) is 22.4. The molecule has 0 aliphatic heterocycles. The SMILES string of the molecule is COc1cc(C(=O)NCc2cccc(OCC(F)(F)F)c2)ccc1OCc1cscn1. The average molecular weight is 452 g/mol. The van der Waals surface area contributed by atoms with Gasteiger partial charge in [-0.15, -0.1) is 11.3 Å². The van der Waals surface area contributed by atoms with Crippen LogP contribution in [0.4, 0.5) is 13.2 Å². The van der Waals surface area contributed by atoms with Crippen molar-refractivity contribution in [3.8, 4) is 17.2 Å². The van der Waals surface area contributed by atoms with E-state index in [2.05, 4.69) is 10.3 Å². The van der Waals surface area contributed by atoms with Crippen molar-refractivity contribution >= 4 is 17.2 Å². The number of benzene rings is 2. The summed E-state index contributed by atoms with van der Waals surface area (Å²) in [4.78, 5) is 16.6. The van der Waals surface area contributed by atoms with E-state index in [1.165, 1.54) is 30.6 Å². The summed E-state index contributed by atoms with van der Waals surface area (Å²) in [6.07, 6.45) is -4.42. The third kappa shape index (κ3) is 6.88. The van der Waals surface area contributed by atoms with Crippen molar-refractivity contribution in [2.45, 2.75) is 19.3 Å². The summed E-state index contributed by atoms with van der Waals surface area (Å²) in [5, 5.41) is 4.59.